The molecular weight excluding hydrogens is 303 g/mol. The molecule has 2 amide bonds. The zero-order chi connectivity index (χ0) is 16.2. The highest BCUT2D eigenvalue weighted by Crippen LogP contribution is 2.16. The number of carbonyl (C=O) groups excluding carboxylic acids is 1. The van der Waals surface area contributed by atoms with E-state index in [4.69, 9.17) is 5.11 Å². The summed E-state index contributed by atoms with van der Waals surface area (Å²) in [5, 5.41) is 13.2. The van der Waals surface area contributed by atoms with Crippen LogP contribution in [0.4, 0.5) is 14.9 Å². The number of sulfone groups is 1. The number of hydrogen-bond donors (Lipinski definition) is 3. The molecule has 0 spiro atoms. The van der Waals surface area contributed by atoms with Gasteiger partial charge in [0.25, 0.3) is 0 Å². The Morgan fingerprint density at radius 1 is 1.38 bits per heavy atom. The van der Waals surface area contributed by atoms with E-state index in [1.54, 1.807) is 0 Å². The number of anilines is 1. The molecule has 0 heterocycles. The Labute approximate surface area is 121 Å². The van der Waals surface area contributed by atoms with Crippen molar-refractivity contribution in [3.8, 4) is 0 Å². The van der Waals surface area contributed by atoms with E-state index in [1.165, 1.54) is 6.92 Å². The summed E-state index contributed by atoms with van der Waals surface area (Å²) in [7, 11) is -3.26. The molecule has 7 nitrogen and oxygen atoms in total. The fourth-order valence-electron chi connectivity index (χ4n) is 1.63. The van der Waals surface area contributed by atoms with Gasteiger partial charge in [0, 0.05) is 12.3 Å². The number of aromatic carboxylic acids is 1. The van der Waals surface area contributed by atoms with Gasteiger partial charge in [0.05, 0.1) is 17.0 Å². The Bertz CT molecular complexity index is 660. The van der Waals surface area contributed by atoms with Gasteiger partial charge in [0.2, 0.25) is 0 Å². The van der Waals surface area contributed by atoms with Crippen molar-refractivity contribution < 1.29 is 27.5 Å². The number of carbonyl (C=O) groups is 2. The van der Waals surface area contributed by atoms with Gasteiger partial charge in [-0.25, -0.2) is 22.4 Å². The molecule has 9 heteroatoms. The van der Waals surface area contributed by atoms with Crippen LogP contribution in [0.5, 0.6) is 0 Å². The maximum Gasteiger partial charge on any atom is 0.335 e. The molecule has 3 N–H and O–H groups in total. The molecule has 0 saturated heterocycles. The van der Waals surface area contributed by atoms with Gasteiger partial charge in [0.1, 0.15) is 15.7 Å². The van der Waals surface area contributed by atoms with Crippen LogP contribution < -0.4 is 10.6 Å². The Balaban J connectivity index is 2.75. The summed E-state index contributed by atoms with van der Waals surface area (Å²) in [5.41, 5.74) is -0.491. The normalized spacial score (nSPS) is 12.5. The molecule has 0 aliphatic rings. The van der Waals surface area contributed by atoms with Crippen LogP contribution in [0.2, 0.25) is 0 Å². The van der Waals surface area contributed by atoms with Crippen LogP contribution in [0.15, 0.2) is 18.2 Å². The first-order valence-corrected chi connectivity index (χ1v) is 7.92. The summed E-state index contributed by atoms with van der Waals surface area (Å²) in [4.78, 5) is 22.4. The monoisotopic (exact) mass is 318 g/mol. The van der Waals surface area contributed by atoms with Gasteiger partial charge in [-0.2, -0.15) is 0 Å². The average Bonchev–Trinajstić information content (AvgIpc) is 2.28. The first kappa shape index (κ1) is 16.9. The lowest BCUT2D eigenvalue weighted by Crippen LogP contribution is -2.40. The predicted molar refractivity (Wildman–Crippen MR) is 74.7 cm³/mol. The number of carboxylic acid groups (broad SMARTS) is 1. The number of rotatable bonds is 5. The van der Waals surface area contributed by atoms with Crippen molar-refractivity contribution >= 4 is 27.5 Å². The van der Waals surface area contributed by atoms with E-state index < -0.39 is 33.7 Å². The number of carboxylic acids is 1. The Morgan fingerprint density at radius 2 is 2.00 bits per heavy atom. The number of benzene rings is 1. The second kappa shape index (κ2) is 6.53. The molecule has 21 heavy (non-hydrogen) atoms. The summed E-state index contributed by atoms with van der Waals surface area (Å²) < 4.78 is 35.6. The molecule has 1 aromatic rings. The first-order valence-electron chi connectivity index (χ1n) is 5.86. The lowest BCUT2D eigenvalue weighted by molar-refractivity contribution is 0.0697. The third-order valence-corrected chi connectivity index (χ3v) is 3.50. The molecule has 0 fully saturated rings. The number of halogens is 1. The molecule has 0 aliphatic carbocycles. The van der Waals surface area contributed by atoms with E-state index in [0.29, 0.717) is 0 Å². The van der Waals surface area contributed by atoms with Crippen molar-refractivity contribution in [2.75, 3.05) is 17.3 Å². The van der Waals surface area contributed by atoms with Crippen molar-refractivity contribution in [1.29, 1.82) is 0 Å². The largest absolute Gasteiger partial charge is 0.478 e. The lowest BCUT2D eigenvalue weighted by Gasteiger charge is -2.14. The Kier molecular flexibility index (Phi) is 5.25. The predicted octanol–water partition coefficient (Wildman–Crippen LogP) is 1.08. The highest BCUT2D eigenvalue weighted by atomic mass is 32.2. The van der Waals surface area contributed by atoms with Gasteiger partial charge in [0.15, 0.2) is 0 Å². The van der Waals surface area contributed by atoms with E-state index in [-0.39, 0.29) is 17.0 Å². The Hall–Kier alpha value is -2.16. The van der Waals surface area contributed by atoms with Crippen LogP contribution in [0, 0.1) is 5.82 Å². The molecule has 0 aromatic heterocycles. The van der Waals surface area contributed by atoms with Crippen molar-refractivity contribution in [2.24, 2.45) is 0 Å². The minimum atomic E-state index is -3.26. The molecule has 0 saturated carbocycles. The fourth-order valence-corrected chi connectivity index (χ4v) is 2.62. The van der Waals surface area contributed by atoms with Crippen molar-refractivity contribution in [3.63, 3.8) is 0 Å². The molecule has 1 unspecified atom stereocenters. The van der Waals surface area contributed by atoms with Gasteiger partial charge < -0.3 is 15.7 Å². The maximum atomic E-state index is 13.5. The highest BCUT2D eigenvalue weighted by Gasteiger charge is 2.15. The SMILES string of the molecule is CC(CS(C)(=O)=O)NC(=O)Nc1cc(C(=O)O)ccc1F. The van der Waals surface area contributed by atoms with E-state index >= 15 is 0 Å². The summed E-state index contributed by atoms with van der Waals surface area (Å²) in [6.45, 7) is 1.48. The van der Waals surface area contributed by atoms with E-state index in [0.717, 1.165) is 24.5 Å². The second-order valence-corrected chi connectivity index (χ2v) is 6.78. The van der Waals surface area contributed by atoms with Gasteiger partial charge in [-0.15, -0.1) is 0 Å². The summed E-state index contributed by atoms with van der Waals surface area (Å²) in [6, 6.07) is 1.45. The molecule has 0 bridgehead atoms. The minimum absolute atomic E-state index is 0.184. The Morgan fingerprint density at radius 3 is 2.52 bits per heavy atom. The standard InChI is InChI=1S/C12H15FN2O5S/c1-7(6-21(2,19)20)14-12(18)15-10-5-8(11(16)17)3-4-9(10)13/h3-5,7H,6H2,1-2H3,(H,16,17)(H2,14,15,18). The van der Waals surface area contributed by atoms with Crippen molar-refractivity contribution in [2.45, 2.75) is 13.0 Å². The third kappa shape index (κ3) is 5.78. The van der Waals surface area contributed by atoms with Crippen LogP contribution >= 0.6 is 0 Å². The van der Waals surface area contributed by atoms with Gasteiger partial charge in [-0.05, 0) is 25.1 Å². The average molecular weight is 318 g/mol. The first-order chi connectivity index (χ1) is 9.58. The zero-order valence-corrected chi connectivity index (χ0v) is 12.2. The van der Waals surface area contributed by atoms with Crippen LogP contribution in [-0.4, -0.2) is 43.6 Å². The highest BCUT2D eigenvalue weighted by molar-refractivity contribution is 7.90. The quantitative estimate of drug-likeness (QED) is 0.752. The number of amides is 2. The summed E-state index contributed by atoms with van der Waals surface area (Å²) in [6.07, 6.45) is 1.03. The molecular formula is C12H15FN2O5S. The minimum Gasteiger partial charge on any atom is -0.478 e. The topological polar surface area (TPSA) is 113 Å². The molecule has 0 aliphatic heterocycles. The van der Waals surface area contributed by atoms with Crippen LogP contribution in [0.1, 0.15) is 17.3 Å². The fraction of sp³-hybridized carbons (Fsp3) is 0.333. The second-order valence-electron chi connectivity index (χ2n) is 4.59. The summed E-state index contributed by atoms with van der Waals surface area (Å²) in [5.74, 6) is -2.33. The number of hydrogen-bond acceptors (Lipinski definition) is 4. The molecule has 116 valence electrons. The smallest absolute Gasteiger partial charge is 0.335 e. The molecule has 1 atom stereocenters. The van der Waals surface area contributed by atoms with Gasteiger partial charge >= 0.3 is 12.0 Å². The molecule has 0 radical (unpaired) electrons. The van der Waals surface area contributed by atoms with Crippen molar-refractivity contribution in [1.82, 2.24) is 5.32 Å². The van der Waals surface area contributed by atoms with E-state index in [1.807, 2.05) is 0 Å². The van der Waals surface area contributed by atoms with E-state index in [2.05, 4.69) is 10.6 Å². The van der Waals surface area contributed by atoms with Gasteiger partial charge in [-0.1, -0.05) is 0 Å². The lowest BCUT2D eigenvalue weighted by atomic mass is 10.2. The molecule has 1 aromatic carbocycles. The number of nitrogens with one attached hydrogen (secondary N) is 2. The van der Waals surface area contributed by atoms with Crippen LogP contribution in [0.25, 0.3) is 0 Å². The molecule has 1 rings (SSSR count). The number of urea groups is 1. The maximum absolute atomic E-state index is 13.5. The van der Waals surface area contributed by atoms with Crippen LogP contribution in [-0.2, 0) is 9.84 Å². The third-order valence-electron chi connectivity index (χ3n) is 2.39. The summed E-state index contributed by atoms with van der Waals surface area (Å²) >= 11 is 0. The zero-order valence-electron chi connectivity index (χ0n) is 11.4. The van der Waals surface area contributed by atoms with Gasteiger partial charge in [-0.3, -0.25) is 0 Å². The van der Waals surface area contributed by atoms with Crippen LogP contribution in [0.3, 0.4) is 0 Å². The van der Waals surface area contributed by atoms with E-state index in [9.17, 15) is 22.4 Å². The van der Waals surface area contributed by atoms with Crippen molar-refractivity contribution in [3.05, 3.63) is 29.6 Å².